The molecule has 0 radical (unpaired) electrons. The number of nitrogens with zero attached hydrogens (tertiary/aromatic N) is 1. The first-order valence-electron chi connectivity index (χ1n) is 8.04. The van der Waals surface area contributed by atoms with Crippen molar-refractivity contribution in [1.29, 1.82) is 0 Å². The second-order valence-electron chi connectivity index (χ2n) is 5.68. The minimum absolute atomic E-state index is 0.216. The van der Waals surface area contributed by atoms with Crippen LogP contribution in [0.15, 0.2) is 47.8 Å². The van der Waals surface area contributed by atoms with Gasteiger partial charge in [-0.05, 0) is 42.5 Å². The normalized spacial score (nSPS) is 11.9. The average Bonchev–Trinajstić information content (AvgIpc) is 3.30. The van der Waals surface area contributed by atoms with Gasteiger partial charge in [0.2, 0.25) is 6.79 Å². The molecular weight excluding hydrogens is 368 g/mol. The fraction of sp³-hybridized carbons (Fsp3) is 0.105. The smallest absolute Gasteiger partial charge is 0.308 e. The number of anilines is 1. The van der Waals surface area contributed by atoms with Crippen molar-refractivity contribution < 1.29 is 23.8 Å². The summed E-state index contributed by atoms with van der Waals surface area (Å²) in [6, 6.07) is 11.9. The summed E-state index contributed by atoms with van der Waals surface area (Å²) in [5.74, 6) is 1.07. The summed E-state index contributed by atoms with van der Waals surface area (Å²) in [7, 11) is 0. The van der Waals surface area contributed by atoms with Gasteiger partial charge in [-0.3, -0.25) is 14.9 Å². The number of carbonyl (C=O) groups is 2. The first kappa shape index (κ1) is 17.0. The van der Waals surface area contributed by atoms with Crippen molar-refractivity contribution in [2.45, 2.75) is 6.92 Å². The molecule has 1 amide bonds. The van der Waals surface area contributed by atoms with Crippen LogP contribution in [0.3, 0.4) is 0 Å². The van der Waals surface area contributed by atoms with Crippen LogP contribution in [0.5, 0.6) is 17.2 Å². The van der Waals surface area contributed by atoms with Crippen molar-refractivity contribution in [3.8, 4) is 28.5 Å². The van der Waals surface area contributed by atoms with Crippen LogP contribution in [0.4, 0.5) is 5.13 Å². The van der Waals surface area contributed by atoms with Crippen LogP contribution in [-0.2, 0) is 4.79 Å². The minimum Gasteiger partial charge on any atom is -0.454 e. The van der Waals surface area contributed by atoms with Gasteiger partial charge in [-0.25, -0.2) is 4.98 Å². The summed E-state index contributed by atoms with van der Waals surface area (Å²) in [6.45, 7) is 1.54. The highest BCUT2D eigenvalue weighted by atomic mass is 32.1. The standard InChI is InChI=1S/C19H14N2O5S/c1-11(22)26-14-5-2-12(3-6-14)18(23)21-19-20-15(9-27-19)13-4-7-16-17(8-13)25-10-24-16/h2-9H,10H2,1H3,(H,20,21,23). The molecular formula is C19H14N2O5S. The molecule has 1 aliphatic heterocycles. The van der Waals surface area contributed by atoms with Crippen LogP contribution < -0.4 is 19.5 Å². The molecule has 4 rings (SSSR count). The molecule has 1 aromatic heterocycles. The molecule has 0 spiro atoms. The maximum atomic E-state index is 12.4. The summed E-state index contributed by atoms with van der Waals surface area (Å²) in [5, 5.41) is 5.11. The largest absolute Gasteiger partial charge is 0.454 e. The molecule has 27 heavy (non-hydrogen) atoms. The third-order valence-electron chi connectivity index (χ3n) is 3.77. The van der Waals surface area contributed by atoms with E-state index in [-0.39, 0.29) is 12.7 Å². The summed E-state index contributed by atoms with van der Waals surface area (Å²) in [5.41, 5.74) is 2.05. The fourth-order valence-corrected chi connectivity index (χ4v) is 3.24. The van der Waals surface area contributed by atoms with Gasteiger partial charge in [-0.2, -0.15) is 0 Å². The van der Waals surface area contributed by atoms with E-state index in [0.29, 0.717) is 27.9 Å². The van der Waals surface area contributed by atoms with Crippen LogP contribution >= 0.6 is 11.3 Å². The molecule has 0 unspecified atom stereocenters. The highest BCUT2D eigenvalue weighted by Crippen LogP contribution is 2.36. The van der Waals surface area contributed by atoms with Crippen molar-refractivity contribution in [1.82, 2.24) is 4.98 Å². The number of aromatic nitrogens is 1. The second-order valence-corrected chi connectivity index (χ2v) is 6.54. The number of amides is 1. The number of nitrogens with one attached hydrogen (secondary N) is 1. The van der Waals surface area contributed by atoms with E-state index in [1.54, 1.807) is 24.3 Å². The van der Waals surface area contributed by atoms with Crippen LogP contribution in [-0.4, -0.2) is 23.7 Å². The third kappa shape index (κ3) is 3.75. The van der Waals surface area contributed by atoms with E-state index in [2.05, 4.69) is 10.3 Å². The highest BCUT2D eigenvalue weighted by Gasteiger charge is 2.16. The van der Waals surface area contributed by atoms with E-state index in [4.69, 9.17) is 14.2 Å². The molecule has 136 valence electrons. The SMILES string of the molecule is CC(=O)Oc1ccc(C(=O)Nc2nc(-c3ccc4c(c3)OCO4)cs2)cc1. The molecule has 0 fully saturated rings. The summed E-state index contributed by atoms with van der Waals surface area (Å²) >= 11 is 1.33. The lowest BCUT2D eigenvalue weighted by atomic mass is 10.1. The number of hydrogen-bond donors (Lipinski definition) is 1. The van der Waals surface area contributed by atoms with Gasteiger partial charge in [0.1, 0.15) is 5.75 Å². The first-order valence-corrected chi connectivity index (χ1v) is 8.92. The van der Waals surface area contributed by atoms with Crippen LogP contribution in [0.1, 0.15) is 17.3 Å². The highest BCUT2D eigenvalue weighted by molar-refractivity contribution is 7.14. The molecule has 2 heterocycles. The van der Waals surface area contributed by atoms with Gasteiger partial charge in [0.25, 0.3) is 5.91 Å². The maximum absolute atomic E-state index is 12.4. The zero-order valence-corrected chi connectivity index (χ0v) is 15.0. The van der Waals surface area contributed by atoms with Crippen LogP contribution in [0, 0.1) is 0 Å². The van der Waals surface area contributed by atoms with Crippen molar-refractivity contribution in [2.75, 3.05) is 12.1 Å². The quantitative estimate of drug-likeness (QED) is 0.547. The van der Waals surface area contributed by atoms with E-state index in [1.807, 2.05) is 23.6 Å². The molecule has 2 aromatic carbocycles. The Kier molecular flexibility index (Phi) is 4.47. The third-order valence-corrected chi connectivity index (χ3v) is 4.53. The van der Waals surface area contributed by atoms with Crippen molar-refractivity contribution in [3.05, 3.63) is 53.4 Å². The Morgan fingerprint density at radius 2 is 1.89 bits per heavy atom. The zero-order valence-electron chi connectivity index (χ0n) is 14.2. The second kappa shape index (κ2) is 7.08. The number of ether oxygens (including phenoxy) is 3. The first-order chi connectivity index (χ1) is 13.1. The number of thiazole rings is 1. The lowest BCUT2D eigenvalue weighted by molar-refractivity contribution is -0.131. The van der Waals surface area contributed by atoms with Gasteiger partial charge >= 0.3 is 5.97 Å². The maximum Gasteiger partial charge on any atom is 0.308 e. The molecule has 0 bridgehead atoms. The predicted molar refractivity (Wildman–Crippen MR) is 99.4 cm³/mol. The molecule has 7 nitrogen and oxygen atoms in total. The Balaban J connectivity index is 1.46. The van der Waals surface area contributed by atoms with Crippen molar-refractivity contribution in [2.24, 2.45) is 0 Å². The van der Waals surface area contributed by atoms with E-state index >= 15 is 0 Å². The van der Waals surface area contributed by atoms with Gasteiger partial charge < -0.3 is 14.2 Å². The molecule has 0 saturated carbocycles. The lowest BCUT2D eigenvalue weighted by Gasteiger charge is -2.04. The van der Waals surface area contributed by atoms with Gasteiger partial charge in [0, 0.05) is 23.4 Å². The molecule has 1 aliphatic rings. The Labute approximate surface area is 158 Å². The van der Waals surface area contributed by atoms with Gasteiger partial charge in [-0.15, -0.1) is 11.3 Å². The fourth-order valence-electron chi connectivity index (χ4n) is 2.53. The van der Waals surface area contributed by atoms with Gasteiger partial charge in [-0.1, -0.05) is 0 Å². The average molecular weight is 382 g/mol. The summed E-state index contributed by atoms with van der Waals surface area (Å²) < 4.78 is 15.6. The molecule has 0 aliphatic carbocycles. The van der Waals surface area contributed by atoms with E-state index in [9.17, 15) is 9.59 Å². The van der Waals surface area contributed by atoms with Crippen LogP contribution in [0.25, 0.3) is 11.3 Å². The number of rotatable bonds is 4. The molecule has 0 atom stereocenters. The van der Waals surface area contributed by atoms with Crippen molar-refractivity contribution in [3.63, 3.8) is 0 Å². The van der Waals surface area contributed by atoms with Gasteiger partial charge in [0.05, 0.1) is 5.69 Å². The number of carbonyl (C=O) groups excluding carboxylic acids is 2. The molecule has 3 aromatic rings. The summed E-state index contributed by atoms with van der Waals surface area (Å²) in [6.07, 6.45) is 0. The van der Waals surface area contributed by atoms with Crippen molar-refractivity contribution >= 4 is 28.3 Å². The molecule has 0 saturated heterocycles. The zero-order chi connectivity index (χ0) is 18.8. The topological polar surface area (TPSA) is 86.8 Å². The summed E-state index contributed by atoms with van der Waals surface area (Å²) in [4.78, 5) is 27.7. The van der Waals surface area contributed by atoms with E-state index in [1.165, 1.54) is 18.3 Å². The van der Waals surface area contributed by atoms with E-state index < -0.39 is 5.97 Å². The van der Waals surface area contributed by atoms with Crippen LogP contribution in [0.2, 0.25) is 0 Å². The van der Waals surface area contributed by atoms with Gasteiger partial charge in [0.15, 0.2) is 16.6 Å². The number of fused-ring (bicyclic) bond motifs is 1. The Hall–Kier alpha value is -3.39. The Morgan fingerprint density at radius 3 is 2.67 bits per heavy atom. The monoisotopic (exact) mass is 382 g/mol. The molecule has 1 N–H and O–H groups in total. The van der Waals surface area contributed by atoms with E-state index in [0.717, 1.165) is 11.3 Å². The Bertz CT molecular complexity index is 1010. The predicted octanol–water partition coefficient (Wildman–Crippen LogP) is 3.72. The number of benzene rings is 2. The lowest BCUT2D eigenvalue weighted by Crippen LogP contribution is -2.11. The number of esters is 1. The Morgan fingerprint density at radius 1 is 1.11 bits per heavy atom. The minimum atomic E-state index is -0.411. The number of hydrogen-bond acceptors (Lipinski definition) is 7. The molecule has 8 heteroatoms.